The van der Waals surface area contributed by atoms with Crippen molar-refractivity contribution in [3.8, 4) is 0 Å². The fraction of sp³-hybridized carbons (Fsp3) is 0.250. The molecule has 0 heterocycles. The lowest BCUT2D eigenvalue weighted by atomic mass is 10.1. The van der Waals surface area contributed by atoms with Gasteiger partial charge in [-0.15, -0.1) is 0 Å². The van der Waals surface area contributed by atoms with Crippen LogP contribution >= 0.6 is 12.2 Å². The van der Waals surface area contributed by atoms with Crippen molar-refractivity contribution in [3.63, 3.8) is 0 Å². The summed E-state index contributed by atoms with van der Waals surface area (Å²) in [6.45, 7) is 0. The van der Waals surface area contributed by atoms with Crippen molar-refractivity contribution in [2.24, 2.45) is 0 Å². The molecule has 0 saturated heterocycles. The SMILES string of the molecule is COC(=O)c1cc(NC(=S)NC2Cc3ccccc3C2)cc(C(=O)OC)c1. The van der Waals surface area contributed by atoms with Crippen molar-refractivity contribution in [1.82, 2.24) is 5.32 Å². The van der Waals surface area contributed by atoms with Gasteiger partial charge in [0.15, 0.2) is 5.11 Å². The number of thiocarbonyl (C=S) groups is 1. The van der Waals surface area contributed by atoms with Crippen LogP contribution in [-0.2, 0) is 22.3 Å². The molecule has 2 aromatic carbocycles. The molecule has 0 unspecified atom stereocenters. The third-order valence-corrected chi connectivity index (χ3v) is 4.64. The van der Waals surface area contributed by atoms with Gasteiger partial charge in [0.2, 0.25) is 0 Å². The Morgan fingerprint density at radius 2 is 1.48 bits per heavy atom. The molecular weight excluding hydrogens is 364 g/mol. The molecule has 0 aromatic heterocycles. The third kappa shape index (κ3) is 4.43. The van der Waals surface area contributed by atoms with Crippen molar-refractivity contribution in [2.75, 3.05) is 19.5 Å². The molecule has 0 radical (unpaired) electrons. The second kappa shape index (κ2) is 8.18. The average Bonchev–Trinajstić information content (AvgIpc) is 3.08. The van der Waals surface area contributed by atoms with Gasteiger partial charge in [-0.3, -0.25) is 0 Å². The number of hydrogen-bond acceptors (Lipinski definition) is 5. The van der Waals surface area contributed by atoms with E-state index in [0.29, 0.717) is 10.8 Å². The Kier molecular flexibility index (Phi) is 5.71. The van der Waals surface area contributed by atoms with Gasteiger partial charge >= 0.3 is 11.9 Å². The van der Waals surface area contributed by atoms with Crippen LogP contribution in [-0.4, -0.2) is 37.3 Å². The standard InChI is InChI=1S/C20H20N2O4S/c1-25-18(23)14-7-15(19(24)26-2)11-17(10-14)22-20(27)21-16-8-12-5-3-4-6-13(12)9-16/h3-7,10-11,16H,8-9H2,1-2H3,(H2,21,22,27). The van der Waals surface area contributed by atoms with Crippen LogP contribution < -0.4 is 10.6 Å². The monoisotopic (exact) mass is 384 g/mol. The molecule has 0 spiro atoms. The smallest absolute Gasteiger partial charge is 0.337 e. The number of anilines is 1. The number of fused-ring (bicyclic) bond motifs is 1. The number of carbonyl (C=O) groups is 2. The quantitative estimate of drug-likeness (QED) is 0.620. The van der Waals surface area contributed by atoms with Gasteiger partial charge in [0.25, 0.3) is 0 Å². The maximum absolute atomic E-state index is 11.9. The maximum Gasteiger partial charge on any atom is 0.337 e. The molecule has 2 aromatic rings. The minimum Gasteiger partial charge on any atom is -0.465 e. The van der Waals surface area contributed by atoms with Crippen LogP contribution in [0.2, 0.25) is 0 Å². The van der Waals surface area contributed by atoms with Crippen LogP contribution in [0, 0.1) is 0 Å². The van der Waals surface area contributed by atoms with Gasteiger partial charge in [0, 0.05) is 11.7 Å². The van der Waals surface area contributed by atoms with Gasteiger partial charge in [-0.25, -0.2) is 9.59 Å². The lowest BCUT2D eigenvalue weighted by molar-refractivity contribution is 0.0599. The molecule has 6 nitrogen and oxygen atoms in total. The molecule has 27 heavy (non-hydrogen) atoms. The Balaban J connectivity index is 1.71. The molecule has 3 rings (SSSR count). The highest BCUT2D eigenvalue weighted by Gasteiger charge is 2.21. The molecule has 0 atom stereocenters. The molecule has 1 aliphatic rings. The van der Waals surface area contributed by atoms with Crippen LogP contribution in [0.15, 0.2) is 42.5 Å². The van der Waals surface area contributed by atoms with Crippen molar-refractivity contribution >= 4 is 35.0 Å². The Morgan fingerprint density at radius 1 is 0.963 bits per heavy atom. The molecular formula is C20H20N2O4S. The van der Waals surface area contributed by atoms with Gasteiger partial charge in [-0.1, -0.05) is 24.3 Å². The number of ether oxygens (including phenoxy) is 2. The van der Waals surface area contributed by atoms with E-state index in [1.165, 1.54) is 31.4 Å². The molecule has 0 aliphatic heterocycles. The molecule has 0 fully saturated rings. The second-order valence-corrected chi connectivity index (χ2v) is 6.66. The Hall–Kier alpha value is -2.93. The highest BCUT2D eigenvalue weighted by Crippen LogP contribution is 2.22. The average molecular weight is 384 g/mol. The summed E-state index contributed by atoms with van der Waals surface area (Å²) in [5, 5.41) is 6.75. The largest absolute Gasteiger partial charge is 0.465 e. The topological polar surface area (TPSA) is 76.7 Å². The fourth-order valence-corrected chi connectivity index (χ4v) is 3.47. The Labute approximate surface area is 162 Å². The number of rotatable bonds is 4. The van der Waals surface area contributed by atoms with Crippen LogP contribution in [0.5, 0.6) is 0 Å². The van der Waals surface area contributed by atoms with E-state index in [0.717, 1.165) is 12.8 Å². The molecule has 0 saturated carbocycles. The van der Waals surface area contributed by atoms with E-state index >= 15 is 0 Å². The first kappa shape index (κ1) is 18.8. The number of nitrogens with one attached hydrogen (secondary N) is 2. The Morgan fingerprint density at radius 3 is 1.96 bits per heavy atom. The summed E-state index contributed by atoms with van der Waals surface area (Å²) in [6, 6.07) is 13.1. The highest BCUT2D eigenvalue weighted by molar-refractivity contribution is 7.80. The van der Waals surface area contributed by atoms with E-state index in [2.05, 4.69) is 22.8 Å². The summed E-state index contributed by atoms with van der Waals surface area (Å²) in [7, 11) is 2.56. The van der Waals surface area contributed by atoms with Gasteiger partial charge < -0.3 is 20.1 Å². The van der Waals surface area contributed by atoms with E-state index in [9.17, 15) is 9.59 Å². The molecule has 2 N–H and O–H groups in total. The zero-order chi connectivity index (χ0) is 19.4. The van der Waals surface area contributed by atoms with Gasteiger partial charge in [0.1, 0.15) is 0 Å². The van der Waals surface area contributed by atoms with Crippen LogP contribution in [0.4, 0.5) is 5.69 Å². The van der Waals surface area contributed by atoms with Crippen molar-refractivity contribution in [3.05, 3.63) is 64.7 Å². The zero-order valence-electron chi connectivity index (χ0n) is 15.1. The first-order chi connectivity index (χ1) is 13.0. The summed E-state index contributed by atoms with van der Waals surface area (Å²) >= 11 is 5.40. The molecule has 1 aliphatic carbocycles. The van der Waals surface area contributed by atoms with Crippen molar-refractivity contribution in [1.29, 1.82) is 0 Å². The number of hydrogen-bond donors (Lipinski definition) is 2. The van der Waals surface area contributed by atoms with E-state index in [4.69, 9.17) is 21.7 Å². The van der Waals surface area contributed by atoms with E-state index in [1.807, 2.05) is 12.1 Å². The predicted octanol–water partition coefficient (Wildman–Crippen LogP) is 2.71. The normalized spacial score (nSPS) is 12.8. The lowest BCUT2D eigenvalue weighted by Gasteiger charge is -2.16. The molecule has 7 heteroatoms. The van der Waals surface area contributed by atoms with Crippen LogP contribution in [0.25, 0.3) is 0 Å². The second-order valence-electron chi connectivity index (χ2n) is 6.25. The third-order valence-electron chi connectivity index (χ3n) is 4.42. The first-order valence-electron chi connectivity index (χ1n) is 8.46. The summed E-state index contributed by atoms with van der Waals surface area (Å²) in [4.78, 5) is 23.7. The van der Waals surface area contributed by atoms with E-state index < -0.39 is 11.9 Å². The van der Waals surface area contributed by atoms with Gasteiger partial charge in [0.05, 0.1) is 25.3 Å². The van der Waals surface area contributed by atoms with Gasteiger partial charge in [-0.2, -0.15) is 0 Å². The van der Waals surface area contributed by atoms with Crippen LogP contribution in [0.1, 0.15) is 31.8 Å². The summed E-state index contributed by atoms with van der Waals surface area (Å²) in [5.74, 6) is -1.09. The maximum atomic E-state index is 11.9. The predicted molar refractivity (Wildman–Crippen MR) is 106 cm³/mol. The molecule has 0 amide bonds. The Bertz CT molecular complexity index is 838. The fourth-order valence-electron chi connectivity index (χ4n) is 3.18. The van der Waals surface area contributed by atoms with E-state index in [-0.39, 0.29) is 17.2 Å². The minimum atomic E-state index is -0.547. The molecule has 0 bridgehead atoms. The zero-order valence-corrected chi connectivity index (χ0v) is 15.9. The van der Waals surface area contributed by atoms with Crippen molar-refractivity contribution < 1.29 is 19.1 Å². The number of methoxy groups -OCH3 is 2. The first-order valence-corrected chi connectivity index (χ1v) is 8.87. The number of benzene rings is 2. The van der Waals surface area contributed by atoms with Crippen molar-refractivity contribution in [2.45, 2.75) is 18.9 Å². The summed E-state index contributed by atoms with van der Waals surface area (Å²) in [5.41, 5.74) is 3.61. The van der Waals surface area contributed by atoms with Gasteiger partial charge in [-0.05, 0) is 54.4 Å². The number of carbonyl (C=O) groups excluding carboxylic acids is 2. The summed E-state index contributed by atoms with van der Waals surface area (Å²) < 4.78 is 9.48. The molecule has 140 valence electrons. The number of esters is 2. The minimum absolute atomic E-state index is 0.200. The summed E-state index contributed by atoms with van der Waals surface area (Å²) in [6.07, 6.45) is 1.79. The van der Waals surface area contributed by atoms with Crippen LogP contribution in [0.3, 0.4) is 0 Å². The lowest BCUT2D eigenvalue weighted by Crippen LogP contribution is -2.38. The van der Waals surface area contributed by atoms with E-state index in [1.54, 1.807) is 12.1 Å². The highest BCUT2D eigenvalue weighted by atomic mass is 32.1.